The summed E-state index contributed by atoms with van der Waals surface area (Å²) in [5, 5.41) is 0. The zero-order chi connectivity index (χ0) is 13.0. The van der Waals surface area contributed by atoms with Crippen molar-refractivity contribution in [3.8, 4) is 5.75 Å². The van der Waals surface area contributed by atoms with Gasteiger partial charge in [-0.15, -0.1) is 11.6 Å². The molecule has 1 aliphatic rings. The summed E-state index contributed by atoms with van der Waals surface area (Å²) < 4.78 is 5.18. The molecule has 3 nitrogen and oxygen atoms in total. The summed E-state index contributed by atoms with van der Waals surface area (Å²) in [5.41, 5.74) is 2.07. The van der Waals surface area contributed by atoms with Crippen LogP contribution in [0.3, 0.4) is 0 Å². The number of carbonyl (C=O) groups excluding carboxylic acids is 1. The molecule has 2 rings (SSSR count). The summed E-state index contributed by atoms with van der Waals surface area (Å²) in [5.74, 6) is 1.45. The average Bonchev–Trinajstić information content (AvgIpc) is 2.54. The van der Waals surface area contributed by atoms with E-state index in [-0.39, 0.29) is 5.91 Å². The third kappa shape index (κ3) is 2.85. The number of hydrogen-bond donors (Lipinski definition) is 0. The normalized spacial score (nSPS) is 14.3. The van der Waals surface area contributed by atoms with E-state index in [1.807, 2.05) is 30.5 Å². The van der Waals surface area contributed by atoms with Crippen molar-refractivity contribution >= 4 is 23.6 Å². The minimum Gasteiger partial charge on any atom is -0.497 e. The summed E-state index contributed by atoms with van der Waals surface area (Å²) in [4.78, 5) is 13.8. The molecule has 1 aliphatic heterocycles. The number of rotatable bonds is 4. The second-order valence-electron chi connectivity index (χ2n) is 4.19. The third-order valence-electron chi connectivity index (χ3n) is 2.98. The molecule has 0 bridgehead atoms. The van der Waals surface area contributed by atoms with Crippen LogP contribution >= 0.6 is 11.6 Å². The van der Waals surface area contributed by atoms with Gasteiger partial charge in [0.25, 0.3) is 0 Å². The number of fused-ring (bicyclic) bond motifs is 1. The summed E-state index contributed by atoms with van der Waals surface area (Å²) in [7, 11) is 1.63. The lowest BCUT2D eigenvalue weighted by atomic mass is 10.0. The highest BCUT2D eigenvalue weighted by Crippen LogP contribution is 2.22. The Morgan fingerprint density at radius 3 is 3.00 bits per heavy atom. The first-order valence-electron chi connectivity index (χ1n) is 5.95. The Labute approximate surface area is 112 Å². The monoisotopic (exact) mass is 265 g/mol. The number of nitrogens with zero attached hydrogens (tertiary/aromatic N) is 1. The molecule has 0 saturated carbocycles. The quantitative estimate of drug-likeness (QED) is 0.784. The highest BCUT2D eigenvalue weighted by molar-refractivity contribution is 6.17. The summed E-state index contributed by atoms with van der Waals surface area (Å²) in [6.45, 7) is 0.671. The molecule has 0 aliphatic carbocycles. The van der Waals surface area contributed by atoms with Crippen molar-refractivity contribution in [1.82, 2.24) is 4.90 Å². The molecule has 0 atom stereocenters. The number of methoxy groups -OCH3 is 1. The van der Waals surface area contributed by atoms with E-state index in [0.29, 0.717) is 18.8 Å². The van der Waals surface area contributed by atoms with Crippen LogP contribution in [0.5, 0.6) is 5.75 Å². The Morgan fingerprint density at radius 1 is 1.44 bits per heavy atom. The van der Waals surface area contributed by atoms with Crippen molar-refractivity contribution in [2.24, 2.45) is 0 Å². The molecule has 4 heteroatoms. The Bertz CT molecular complexity index is 471. The topological polar surface area (TPSA) is 29.5 Å². The van der Waals surface area contributed by atoms with Crippen molar-refractivity contribution in [2.75, 3.05) is 19.5 Å². The molecule has 0 saturated heterocycles. The molecule has 0 unspecified atom stereocenters. The fraction of sp³-hybridized carbons (Fsp3) is 0.357. The lowest BCUT2D eigenvalue weighted by Gasteiger charge is -2.16. The van der Waals surface area contributed by atoms with E-state index < -0.39 is 0 Å². The second kappa shape index (κ2) is 5.91. The largest absolute Gasteiger partial charge is 0.497 e. The number of ether oxygens (including phenoxy) is 1. The SMILES string of the molecule is COc1ccc2c(c1)CC(=O)N(CCCCl)C=C2. The minimum atomic E-state index is 0.100. The molecule has 1 heterocycles. The van der Waals surface area contributed by atoms with Crippen LogP contribution in [0.25, 0.3) is 6.08 Å². The van der Waals surface area contributed by atoms with Gasteiger partial charge >= 0.3 is 0 Å². The van der Waals surface area contributed by atoms with Crippen LogP contribution < -0.4 is 4.74 Å². The minimum absolute atomic E-state index is 0.100. The maximum atomic E-state index is 12.1. The molecular formula is C14H16ClNO2. The second-order valence-corrected chi connectivity index (χ2v) is 4.56. The first-order chi connectivity index (χ1) is 8.74. The third-order valence-corrected chi connectivity index (χ3v) is 3.25. The number of carbonyl (C=O) groups is 1. The molecule has 1 amide bonds. The number of amides is 1. The molecule has 18 heavy (non-hydrogen) atoms. The summed E-state index contributed by atoms with van der Waals surface area (Å²) >= 11 is 5.66. The van der Waals surface area contributed by atoms with E-state index >= 15 is 0 Å². The van der Waals surface area contributed by atoms with Gasteiger partial charge in [0.1, 0.15) is 5.75 Å². The molecular weight excluding hydrogens is 250 g/mol. The van der Waals surface area contributed by atoms with Crippen molar-refractivity contribution in [1.29, 1.82) is 0 Å². The number of alkyl halides is 1. The Hall–Kier alpha value is -1.48. The van der Waals surface area contributed by atoms with E-state index in [2.05, 4.69) is 0 Å². The smallest absolute Gasteiger partial charge is 0.230 e. The number of benzene rings is 1. The molecule has 0 N–H and O–H groups in total. The predicted molar refractivity (Wildman–Crippen MR) is 72.8 cm³/mol. The van der Waals surface area contributed by atoms with Gasteiger partial charge in [0, 0.05) is 18.6 Å². The summed E-state index contributed by atoms with van der Waals surface area (Å²) in [6, 6.07) is 5.80. The lowest BCUT2D eigenvalue weighted by Crippen LogP contribution is -2.27. The molecule has 0 spiro atoms. The molecule has 0 aromatic heterocycles. The van der Waals surface area contributed by atoms with Crippen LogP contribution in [-0.2, 0) is 11.2 Å². The Balaban J connectivity index is 2.21. The maximum Gasteiger partial charge on any atom is 0.230 e. The molecule has 1 aromatic rings. The average molecular weight is 266 g/mol. The molecule has 96 valence electrons. The van der Waals surface area contributed by atoms with Crippen molar-refractivity contribution < 1.29 is 9.53 Å². The van der Waals surface area contributed by atoms with Crippen LogP contribution in [0.15, 0.2) is 24.4 Å². The van der Waals surface area contributed by atoms with Crippen molar-refractivity contribution in [2.45, 2.75) is 12.8 Å². The first kappa shape index (κ1) is 13.0. The van der Waals surface area contributed by atoms with Gasteiger partial charge in [-0.25, -0.2) is 0 Å². The summed E-state index contributed by atoms with van der Waals surface area (Å²) in [6.07, 6.45) is 5.01. The zero-order valence-electron chi connectivity index (χ0n) is 10.4. The Morgan fingerprint density at radius 2 is 2.28 bits per heavy atom. The predicted octanol–water partition coefficient (Wildman–Crippen LogP) is 2.68. The van der Waals surface area contributed by atoms with Crippen LogP contribution in [0.2, 0.25) is 0 Å². The van der Waals surface area contributed by atoms with Gasteiger partial charge < -0.3 is 9.64 Å². The van der Waals surface area contributed by atoms with Gasteiger partial charge in [0.15, 0.2) is 0 Å². The van der Waals surface area contributed by atoms with Gasteiger partial charge in [-0.05, 0) is 35.8 Å². The van der Waals surface area contributed by atoms with Gasteiger partial charge in [-0.2, -0.15) is 0 Å². The van der Waals surface area contributed by atoms with Gasteiger partial charge in [0.2, 0.25) is 5.91 Å². The van der Waals surface area contributed by atoms with Gasteiger partial charge in [-0.3, -0.25) is 4.79 Å². The zero-order valence-corrected chi connectivity index (χ0v) is 11.1. The van der Waals surface area contributed by atoms with E-state index in [4.69, 9.17) is 16.3 Å². The van der Waals surface area contributed by atoms with Crippen molar-refractivity contribution in [3.05, 3.63) is 35.5 Å². The van der Waals surface area contributed by atoms with Crippen LogP contribution in [0.4, 0.5) is 0 Å². The lowest BCUT2D eigenvalue weighted by molar-refractivity contribution is -0.127. The number of halogens is 1. The first-order valence-corrected chi connectivity index (χ1v) is 6.48. The van der Waals surface area contributed by atoms with Gasteiger partial charge in [0.05, 0.1) is 13.5 Å². The fourth-order valence-corrected chi connectivity index (χ4v) is 2.09. The van der Waals surface area contributed by atoms with E-state index in [0.717, 1.165) is 23.3 Å². The van der Waals surface area contributed by atoms with E-state index in [9.17, 15) is 4.79 Å². The highest BCUT2D eigenvalue weighted by atomic mass is 35.5. The fourth-order valence-electron chi connectivity index (χ4n) is 1.97. The van der Waals surface area contributed by atoms with E-state index in [1.165, 1.54) is 0 Å². The molecule has 1 aromatic carbocycles. The molecule has 0 fully saturated rings. The maximum absolute atomic E-state index is 12.1. The number of hydrogen-bond acceptors (Lipinski definition) is 2. The van der Waals surface area contributed by atoms with Crippen LogP contribution in [0, 0.1) is 0 Å². The van der Waals surface area contributed by atoms with Crippen LogP contribution in [0.1, 0.15) is 17.5 Å². The molecule has 0 radical (unpaired) electrons. The van der Waals surface area contributed by atoms with Gasteiger partial charge in [-0.1, -0.05) is 6.07 Å². The highest BCUT2D eigenvalue weighted by Gasteiger charge is 2.16. The van der Waals surface area contributed by atoms with E-state index in [1.54, 1.807) is 12.0 Å². The van der Waals surface area contributed by atoms with Crippen molar-refractivity contribution in [3.63, 3.8) is 0 Å². The standard InChI is InChI=1S/C14H16ClNO2/c1-18-13-4-3-11-5-8-16(7-2-6-15)14(17)10-12(11)9-13/h3-5,8-9H,2,6-7,10H2,1H3. The van der Waals surface area contributed by atoms with Crippen LogP contribution in [-0.4, -0.2) is 30.3 Å². The Kier molecular flexibility index (Phi) is 4.26.